The van der Waals surface area contributed by atoms with Gasteiger partial charge in [-0.1, -0.05) is 12.1 Å². The molecule has 1 heterocycles. The Labute approximate surface area is 155 Å². The lowest BCUT2D eigenvalue weighted by Crippen LogP contribution is -2.48. The minimum absolute atomic E-state index is 0.0235. The Bertz CT molecular complexity index is 750. The first-order valence-electron chi connectivity index (χ1n) is 9.04. The van der Waals surface area contributed by atoms with E-state index < -0.39 is 0 Å². The third kappa shape index (κ3) is 4.35. The molecule has 1 amide bonds. The molecule has 0 unspecified atom stereocenters. The summed E-state index contributed by atoms with van der Waals surface area (Å²) in [6, 6.07) is 13.9. The van der Waals surface area contributed by atoms with Crippen molar-refractivity contribution in [2.24, 2.45) is 0 Å². The van der Waals surface area contributed by atoms with Crippen LogP contribution >= 0.6 is 0 Å². The molecule has 1 aliphatic rings. The maximum Gasteiger partial charge on any atom is 0.238 e. The first kappa shape index (κ1) is 18.3. The molecule has 2 aromatic carbocycles. The van der Waals surface area contributed by atoms with E-state index in [1.165, 1.54) is 16.8 Å². The highest BCUT2D eigenvalue weighted by molar-refractivity contribution is 5.92. The van der Waals surface area contributed by atoms with Crippen LogP contribution in [0.15, 0.2) is 42.5 Å². The highest BCUT2D eigenvalue weighted by Gasteiger charge is 2.20. The minimum atomic E-state index is 0.0235. The summed E-state index contributed by atoms with van der Waals surface area (Å²) in [6.45, 7) is 8.43. The number of benzene rings is 2. The van der Waals surface area contributed by atoms with Crippen molar-refractivity contribution in [2.45, 2.75) is 13.8 Å². The summed E-state index contributed by atoms with van der Waals surface area (Å²) in [6.07, 6.45) is 0. The van der Waals surface area contributed by atoms with Gasteiger partial charge in [-0.25, -0.2) is 0 Å². The third-order valence-corrected chi connectivity index (χ3v) is 5.03. The Morgan fingerprint density at radius 1 is 1.04 bits per heavy atom. The lowest BCUT2D eigenvalue weighted by Gasteiger charge is -2.36. The van der Waals surface area contributed by atoms with Crippen LogP contribution in [0.5, 0.6) is 5.75 Å². The number of carbonyl (C=O) groups excluding carboxylic acids is 1. The molecule has 1 saturated heterocycles. The van der Waals surface area contributed by atoms with Gasteiger partial charge in [-0.2, -0.15) is 0 Å². The van der Waals surface area contributed by atoms with Gasteiger partial charge in [0, 0.05) is 37.6 Å². The highest BCUT2D eigenvalue weighted by Crippen LogP contribution is 2.23. The molecule has 0 atom stereocenters. The molecule has 0 saturated carbocycles. The van der Waals surface area contributed by atoms with Crippen LogP contribution in [-0.2, 0) is 4.79 Å². The van der Waals surface area contributed by atoms with Gasteiger partial charge in [-0.15, -0.1) is 0 Å². The average Bonchev–Trinajstić information content (AvgIpc) is 2.65. The number of methoxy groups -OCH3 is 1. The molecule has 2 aromatic rings. The molecular formula is C21H27N3O2. The van der Waals surface area contributed by atoms with E-state index in [0.29, 0.717) is 6.54 Å². The van der Waals surface area contributed by atoms with Gasteiger partial charge in [-0.3, -0.25) is 9.69 Å². The van der Waals surface area contributed by atoms with E-state index in [4.69, 9.17) is 4.74 Å². The van der Waals surface area contributed by atoms with Crippen molar-refractivity contribution in [2.75, 3.05) is 50.1 Å². The highest BCUT2D eigenvalue weighted by atomic mass is 16.5. The molecule has 138 valence electrons. The van der Waals surface area contributed by atoms with E-state index in [0.717, 1.165) is 37.6 Å². The summed E-state index contributed by atoms with van der Waals surface area (Å²) in [5, 5.41) is 2.95. The van der Waals surface area contributed by atoms with Crippen LogP contribution in [-0.4, -0.2) is 50.6 Å². The first-order chi connectivity index (χ1) is 12.6. The molecule has 0 spiro atoms. The quantitative estimate of drug-likeness (QED) is 0.897. The van der Waals surface area contributed by atoms with Crippen LogP contribution in [0, 0.1) is 13.8 Å². The summed E-state index contributed by atoms with van der Waals surface area (Å²) in [4.78, 5) is 16.9. The maximum absolute atomic E-state index is 12.3. The number of piperazine rings is 1. The van der Waals surface area contributed by atoms with Crippen molar-refractivity contribution in [3.63, 3.8) is 0 Å². The van der Waals surface area contributed by atoms with E-state index in [2.05, 4.69) is 47.2 Å². The van der Waals surface area contributed by atoms with Crippen molar-refractivity contribution in [1.82, 2.24) is 4.90 Å². The second-order valence-corrected chi connectivity index (χ2v) is 6.76. The normalized spacial score (nSPS) is 15.0. The number of ether oxygens (including phenoxy) is 1. The van der Waals surface area contributed by atoms with Crippen LogP contribution < -0.4 is 15.0 Å². The van der Waals surface area contributed by atoms with Gasteiger partial charge in [0.2, 0.25) is 5.91 Å². The number of aryl methyl sites for hydroxylation is 1. The number of nitrogens with zero attached hydrogens (tertiary/aromatic N) is 2. The molecule has 5 heteroatoms. The molecule has 0 aromatic heterocycles. The standard InChI is InChI=1S/C21H27N3O2/c1-16-5-4-6-20(17(16)2)24-13-11-23(12-14-24)15-21(25)22-18-7-9-19(26-3)10-8-18/h4-10H,11-15H2,1-3H3,(H,22,25). The van der Waals surface area contributed by atoms with Crippen LogP contribution in [0.2, 0.25) is 0 Å². The fraction of sp³-hybridized carbons (Fsp3) is 0.381. The largest absolute Gasteiger partial charge is 0.497 e. The van der Waals surface area contributed by atoms with Gasteiger partial charge < -0.3 is 15.0 Å². The fourth-order valence-corrected chi connectivity index (χ4v) is 3.30. The van der Waals surface area contributed by atoms with E-state index in [1.807, 2.05) is 24.3 Å². The van der Waals surface area contributed by atoms with Gasteiger partial charge in [-0.05, 0) is 55.3 Å². The second kappa shape index (κ2) is 8.23. The topological polar surface area (TPSA) is 44.8 Å². The zero-order valence-corrected chi connectivity index (χ0v) is 15.8. The summed E-state index contributed by atoms with van der Waals surface area (Å²) >= 11 is 0. The molecular weight excluding hydrogens is 326 g/mol. The summed E-state index contributed by atoms with van der Waals surface area (Å²) in [7, 11) is 1.63. The SMILES string of the molecule is COc1ccc(NC(=O)CN2CCN(c3cccc(C)c3C)CC2)cc1. The molecule has 1 N–H and O–H groups in total. The average molecular weight is 353 g/mol. The second-order valence-electron chi connectivity index (χ2n) is 6.76. The summed E-state index contributed by atoms with van der Waals surface area (Å²) in [5.74, 6) is 0.806. The number of hydrogen-bond acceptors (Lipinski definition) is 4. The van der Waals surface area contributed by atoms with Crippen LogP contribution in [0.1, 0.15) is 11.1 Å². The lowest BCUT2D eigenvalue weighted by molar-refractivity contribution is -0.117. The molecule has 26 heavy (non-hydrogen) atoms. The molecule has 0 bridgehead atoms. The number of anilines is 2. The molecule has 3 rings (SSSR count). The zero-order chi connectivity index (χ0) is 18.5. The van der Waals surface area contributed by atoms with Crippen LogP contribution in [0.4, 0.5) is 11.4 Å². The van der Waals surface area contributed by atoms with Gasteiger partial charge in [0.15, 0.2) is 0 Å². The fourth-order valence-electron chi connectivity index (χ4n) is 3.30. The number of nitrogens with one attached hydrogen (secondary N) is 1. The van der Waals surface area contributed by atoms with Crippen molar-refractivity contribution >= 4 is 17.3 Å². The van der Waals surface area contributed by atoms with E-state index >= 15 is 0 Å². The molecule has 0 aliphatic carbocycles. The monoisotopic (exact) mass is 353 g/mol. The van der Waals surface area contributed by atoms with Crippen molar-refractivity contribution in [3.8, 4) is 5.75 Å². The van der Waals surface area contributed by atoms with Gasteiger partial charge in [0.1, 0.15) is 5.75 Å². The Morgan fingerprint density at radius 2 is 1.73 bits per heavy atom. The molecule has 5 nitrogen and oxygen atoms in total. The smallest absolute Gasteiger partial charge is 0.238 e. The van der Waals surface area contributed by atoms with Crippen molar-refractivity contribution in [1.29, 1.82) is 0 Å². The Hall–Kier alpha value is -2.53. The van der Waals surface area contributed by atoms with E-state index in [9.17, 15) is 4.79 Å². The van der Waals surface area contributed by atoms with Gasteiger partial charge in [0.05, 0.1) is 13.7 Å². The van der Waals surface area contributed by atoms with Gasteiger partial charge in [0.25, 0.3) is 0 Å². The Balaban J connectivity index is 1.50. The lowest BCUT2D eigenvalue weighted by atomic mass is 10.1. The predicted molar refractivity (Wildman–Crippen MR) is 106 cm³/mol. The summed E-state index contributed by atoms with van der Waals surface area (Å²) in [5.41, 5.74) is 4.78. The number of amides is 1. The Morgan fingerprint density at radius 3 is 2.38 bits per heavy atom. The van der Waals surface area contributed by atoms with Gasteiger partial charge >= 0.3 is 0 Å². The maximum atomic E-state index is 12.3. The van der Waals surface area contributed by atoms with Crippen LogP contribution in [0.3, 0.4) is 0 Å². The van der Waals surface area contributed by atoms with E-state index in [-0.39, 0.29) is 5.91 Å². The van der Waals surface area contributed by atoms with Crippen molar-refractivity contribution < 1.29 is 9.53 Å². The number of hydrogen-bond donors (Lipinski definition) is 1. The first-order valence-corrected chi connectivity index (χ1v) is 9.04. The van der Waals surface area contributed by atoms with Crippen molar-refractivity contribution in [3.05, 3.63) is 53.6 Å². The third-order valence-electron chi connectivity index (χ3n) is 5.03. The number of carbonyl (C=O) groups is 1. The minimum Gasteiger partial charge on any atom is -0.497 e. The predicted octanol–water partition coefficient (Wildman–Crippen LogP) is 3.07. The molecule has 1 fully saturated rings. The number of rotatable bonds is 5. The molecule has 0 radical (unpaired) electrons. The zero-order valence-electron chi connectivity index (χ0n) is 15.8. The van der Waals surface area contributed by atoms with E-state index in [1.54, 1.807) is 7.11 Å². The Kier molecular flexibility index (Phi) is 5.78. The summed E-state index contributed by atoms with van der Waals surface area (Å²) < 4.78 is 5.13. The van der Waals surface area contributed by atoms with Crippen LogP contribution in [0.25, 0.3) is 0 Å². The molecule has 1 aliphatic heterocycles.